The van der Waals surface area contributed by atoms with E-state index < -0.39 is 29.1 Å². The molecule has 2 atom stereocenters. The Kier molecular flexibility index (Phi) is 4.63. The first-order valence-electron chi connectivity index (χ1n) is 8.87. The molecule has 3 rings (SSSR count). The fourth-order valence-electron chi connectivity index (χ4n) is 3.77. The lowest BCUT2D eigenvalue weighted by Crippen LogP contribution is -2.47. The predicted molar refractivity (Wildman–Crippen MR) is 98.1 cm³/mol. The highest BCUT2D eigenvalue weighted by molar-refractivity contribution is 6.21. The van der Waals surface area contributed by atoms with Gasteiger partial charge in [-0.2, -0.15) is 0 Å². The number of anilines is 2. The summed E-state index contributed by atoms with van der Waals surface area (Å²) in [6, 6.07) is 4.87. The van der Waals surface area contributed by atoms with E-state index in [0.717, 1.165) is 4.90 Å². The summed E-state index contributed by atoms with van der Waals surface area (Å²) in [5.74, 6) is -0.463. The summed E-state index contributed by atoms with van der Waals surface area (Å²) >= 11 is 0. The lowest BCUT2D eigenvalue weighted by Gasteiger charge is -2.35. The summed E-state index contributed by atoms with van der Waals surface area (Å²) in [6.45, 7) is 7.50. The van der Waals surface area contributed by atoms with Crippen LogP contribution in [0.2, 0.25) is 0 Å². The summed E-state index contributed by atoms with van der Waals surface area (Å²) in [5.41, 5.74) is -0.281. The van der Waals surface area contributed by atoms with Crippen LogP contribution in [-0.4, -0.2) is 41.5 Å². The van der Waals surface area contributed by atoms with E-state index in [2.05, 4.69) is 5.32 Å². The molecule has 2 heterocycles. The second-order valence-electron chi connectivity index (χ2n) is 8.00. The van der Waals surface area contributed by atoms with Crippen molar-refractivity contribution in [3.63, 3.8) is 0 Å². The van der Waals surface area contributed by atoms with E-state index in [1.54, 1.807) is 32.9 Å². The maximum atomic E-state index is 13.0. The number of ether oxygens (including phenoxy) is 2. The summed E-state index contributed by atoms with van der Waals surface area (Å²) < 4.78 is 10.8. The highest BCUT2D eigenvalue weighted by Crippen LogP contribution is 2.49. The van der Waals surface area contributed by atoms with Gasteiger partial charge in [-0.15, -0.1) is 0 Å². The Hall–Kier alpha value is -2.61. The molecule has 0 unspecified atom stereocenters. The topological polar surface area (TPSA) is 105 Å². The smallest absolute Gasteiger partial charge is 0.418 e. The second kappa shape index (κ2) is 6.53. The van der Waals surface area contributed by atoms with E-state index in [0.29, 0.717) is 30.7 Å². The molecule has 0 aliphatic carbocycles. The van der Waals surface area contributed by atoms with Crippen molar-refractivity contribution in [1.29, 1.82) is 0 Å². The van der Waals surface area contributed by atoms with Crippen molar-refractivity contribution in [2.45, 2.75) is 57.7 Å². The largest absolute Gasteiger partial charge is 0.464 e. The molecule has 2 N–H and O–H groups in total. The normalized spacial score (nSPS) is 24.7. The molecule has 2 aliphatic heterocycles. The van der Waals surface area contributed by atoms with E-state index in [4.69, 9.17) is 9.47 Å². The molecule has 2 aliphatic rings. The number of carbonyl (C=O) groups is 3. The van der Waals surface area contributed by atoms with Crippen LogP contribution < -0.4 is 10.2 Å². The summed E-state index contributed by atoms with van der Waals surface area (Å²) in [6.07, 6.45) is -1.30. The van der Waals surface area contributed by atoms with Crippen LogP contribution in [0.3, 0.4) is 0 Å². The second-order valence-corrected chi connectivity index (χ2v) is 8.00. The van der Waals surface area contributed by atoms with Crippen LogP contribution in [0.5, 0.6) is 0 Å². The monoisotopic (exact) mass is 376 g/mol. The van der Waals surface area contributed by atoms with Gasteiger partial charge in [-0.1, -0.05) is 6.07 Å². The number of fused-ring (bicyclic) bond motifs is 2. The predicted octanol–water partition coefficient (Wildman–Crippen LogP) is 3.49. The number of carboxylic acid groups (broad SMARTS) is 1. The van der Waals surface area contributed by atoms with Gasteiger partial charge < -0.3 is 14.6 Å². The molecule has 146 valence electrons. The minimum Gasteiger partial charge on any atom is -0.464 e. The SMILES string of the molecule is C[C@H]1C[C@]2(CCO1)C(=O)N(C(=O)O)c1cc(NC(=O)OC(C)(C)C)ccc12. The maximum absolute atomic E-state index is 13.0. The number of rotatable bonds is 1. The molecular weight excluding hydrogens is 352 g/mol. The van der Waals surface area contributed by atoms with E-state index in [-0.39, 0.29) is 11.8 Å². The van der Waals surface area contributed by atoms with Crippen molar-refractivity contribution in [2.75, 3.05) is 16.8 Å². The quantitative estimate of drug-likeness (QED) is 0.777. The Morgan fingerprint density at radius 3 is 2.67 bits per heavy atom. The van der Waals surface area contributed by atoms with Crippen molar-refractivity contribution < 1.29 is 29.0 Å². The molecule has 8 nitrogen and oxygen atoms in total. The van der Waals surface area contributed by atoms with Crippen LogP contribution in [0.25, 0.3) is 0 Å². The minimum absolute atomic E-state index is 0.149. The third-order valence-corrected chi connectivity index (χ3v) is 4.77. The fraction of sp³-hybridized carbons (Fsp3) is 0.526. The number of benzene rings is 1. The van der Waals surface area contributed by atoms with Crippen molar-refractivity contribution >= 4 is 29.5 Å². The molecule has 1 aromatic carbocycles. The molecule has 1 saturated heterocycles. The zero-order valence-corrected chi connectivity index (χ0v) is 15.9. The third kappa shape index (κ3) is 3.49. The first-order valence-corrected chi connectivity index (χ1v) is 8.87. The molecule has 3 amide bonds. The Morgan fingerprint density at radius 2 is 2.07 bits per heavy atom. The van der Waals surface area contributed by atoms with Gasteiger partial charge in [0.1, 0.15) is 5.60 Å². The standard InChI is InChI=1S/C19H24N2O6/c1-11-10-19(7-8-26-11)13-6-5-12(20-16(23)27-18(2,3)4)9-14(13)21(15(19)22)17(24)25/h5-6,9,11H,7-8,10H2,1-4H3,(H,20,23)(H,24,25)/t11-,19-/m0/s1. The molecular formula is C19H24N2O6. The number of nitrogens with zero attached hydrogens (tertiary/aromatic N) is 1. The molecule has 1 spiro atoms. The van der Waals surface area contributed by atoms with Gasteiger partial charge in [-0.25, -0.2) is 14.5 Å². The van der Waals surface area contributed by atoms with Crippen molar-refractivity contribution in [2.24, 2.45) is 0 Å². The van der Waals surface area contributed by atoms with Crippen LogP contribution in [0.4, 0.5) is 21.0 Å². The van der Waals surface area contributed by atoms with Gasteiger partial charge in [0, 0.05) is 12.3 Å². The van der Waals surface area contributed by atoms with E-state index in [1.807, 2.05) is 6.92 Å². The van der Waals surface area contributed by atoms with Gasteiger partial charge in [-0.05, 0) is 58.2 Å². The van der Waals surface area contributed by atoms with Crippen LogP contribution in [0.15, 0.2) is 18.2 Å². The van der Waals surface area contributed by atoms with Crippen molar-refractivity contribution in [3.8, 4) is 0 Å². The Balaban J connectivity index is 1.97. The molecule has 0 aromatic heterocycles. The van der Waals surface area contributed by atoms with Crippen molar-refractivity contribution in [1.82, 2.24) is 0 Å². The number of amides is 3. The van der Waals surface area contributed by atoms with Crippen LogP contribution in [0.1, 0.15) is 46.1 Å². The fourth-order valence-corrected chi connectivity index (χ4v) is 3.77. The number of carbonyl (C=O) groups excluding carboxylic acids is 2. The first-order chi connectivity index (χ1) is 12.5. The van der Waals surface area contributed by atoms with E-state index in [9.17, 15) is 19.5 Å². The number of nitrogens with one attached hydrogen (secondary N) is 1. The molecule has 0 bridgehead atoms. The first kappa shape index (κ1) is 19.2. The highest BCUT2D eigenvalue weighted by atomic mass is 16.6. The van der Waals surface area contributed by atoms with Gasteiger partial charge in [-0.3, -0.25) is 10.1 Å². The van der Waals surface area contributed by atoms with Gasteiger partial charge >= 0.3 is 12.2 Å². The average Bonchev–Trinajstić information content (AvgIpc) is 2.74. The molecule has 1 fully saturated rings. The summed E-state index contributed by atoms with van der Waals surface area (Å²) in [4.78, 5) is 37.6. The zero-order valence-electron chi connectivity index (χ0n) is 15.9. The molecule has 1 aromatic rings. The zero-order chi connectivity index (χ0) is 20.0. The van der Waals surface area contributed by atoms with Crippen molar-refractivity contribution in [3.05, 3.63) is 23.8 Å². The molecule has 0 radical (unpaired) electrons. The van der Waals surface area contributed by atoms with Gasteiger partial charge in [0.05, 0.1) is 17.2 Å². The maximum Gasteiger partial charge on any atom is 0.418 e. The van der Waals surface area contributed by atoms with Crippen LogP contribution >= 0.6 is 0 Å². The minimum atomic E-state index is -1.34. The van der Waals surface area contributed by atoms with E-state index in [1.165, 1.54) is 6.07 Å². The molecule has 27 heavy (non-hydrogen) atoms. The lowest BCUT2D eigenvalue weighted by atomic mass is 9.73. The lowest BCUT2D eigenvalue weighted by molar-refractivity contribution is -0.128. The summed E-state index contributed by atoms with van der Waals surface area (Å²) in [7, 11) is 0. The molecule has 8 heteroatoms. The number of hydrogen-bond donors (Lipinski definition) is 2. The summed E-state index contributed by atoms with van der Waals surface area (Å²) in [5, 5.41) is 12.2. The Labute approximate surface area is 157 Å². The average molecular weight is 376 g/mol. The van der Waals surface area contributed by atoms with Gasteiger partial charge in [0.2, 0.25) is 5.91 Å². The molecule has 0 saturated carbocycles. The third-order valence-electron chi connectivity index (χ3n) is 4.77. The van der Waals surface area contributed by atoms with Crippen LogP contribution in [0, 0.1) is 0 Å². The van der Waals surface area contributed by atoms with Crippen LogP contribution in [-0.2, 0) is 19.7 Å². The van der Waals surface area contributed by atoms with Gasteiger partial charge in [0.15, 0.2) is 0 Å². The Bertz CT molecular complexity index is 800. The van der Waals surface area contributed by atoms with Gasteiger partial charge in [0.25, 0.3) is 0 Å². The Morgan fingerprint density at radius 1 is 1.37 bits per heavy atom. The van der Waals surface area contributed by atoms with E-state index >= 15 is 0 Å². The number of imide groups is 1. The highest BCUT2D eigenvalue weighted by Gasteiger charge is 2.54. The number of hydrogen-bond acceptors (Lipinski definition) is 5.